The molecule has 5 nitrogen and oxygen atoms in total. The van der Waals surface area contributed by atoms with E-state index in [1.165, 1.54) is 0 Å². The van der Waals surface area contributed by atoms with Crippen LogP contribution >= 0.6 is 0 Å². The van der Waals surface area contributed by atoms with Crippen molar-refractivity contribution in [2.24, 2.45) is 0 Å². The standard InChI is InChI=1S/C19H24N2O3S/c20-19-7-2-1-6-18(19)15-8-10-17(11-9-15)25(23,24)21-13-4-3-5-16(21)12-14-22/h1-2,6-11,16,22H,3-5,12-14,20H2. The first-order valence-corrected chi connectivity index (χ1v) is 10.1. The van der Waals surface area contributed by atoms with Crippen LogP contribution in [0.3, 0.4) is 0 Å². The summed E-state index contributed by atoms with van der Waals surface area (Å²) in [6.45, 7) is 0.517. The second-order valence-electron chi connectivity index (χ2n) is 6.39. The SMILES string of the molecule is Nc1ccccc1-c1ccc(S(=O)(=O)N2CCCCC2CCO)cc1. The van der Waals surface area contributed by atoms with Gasteiger partial charge in [-0.05, 0) is 43.0 Å². The van der Waals surface area contributed by atoms with Crippen molar-refractivity contribution in [1.82, 2.24) is 4.31 Å². The lowest BCUT2D eigenvalue weighted by Gasteiger charge is -2.34. The van der Waals surface area contributed by atoms with Crippen LogP contribution in [0.4, 0.5) is 5.69 Å². The topological polar surface area (TPSA) is 83.6 Å². The van der Waals surface area contributed by atoms with Crippen molar-refractivity contribution >= 4 is 15.7 Å². The normalized spacial score (nSPS) is 19.0. The number of para-hydroxylation sites is 1. The molecule has 134 valence electrons. The van der Waals surface area contributed by atoms with Crippen molar-refractivity contribution < 1.29 is 13.5 Å². The van der Waals surface area contributed by atoms with Crippen LogP contribution in [0.15, 0.2) is 53.4 Å². The molecule has 0 saturated carbocycles. The zero-order valence-electron chi connectivity index (χ0n) is 14.1. The van der Waals surface area contributed by atoms with Crippen molar-refractivity contribution in [3.8, 4) is 11.1 Å². The van der Waals surface area contributed by atoms with Crippen molar-refractivity contribution in [3.63, 3.8) is 0 Å². The number of piperidine rings is 1. The second-order valence-corrected chi connectivity index (χ2v) is 8.28. The predicted molar refractivity (Wildman–Crippen MR) is 99.5 cm³/mol. The summed E-state index contributed by atoms with van der Waals surface area (Å²) in [5.74, 6) is 0. The van der Waals surface area contributed by atoms with Crippen LogP contribution in [0.2, 0.25) is 0 Å². The van der Waals surface area contributed by atoms with Crippen molar-refractivity contribution in [2.45, 2.75) is 36.6 Å². The third-order valence-electron chi connectivity index (χ3n) is 4.77. The van der Waals surface area contributed by atoms with Gasteiger partial charge in [-0.1, -0.05) is 36.8 Å². The fourth-order valence-electron chi connectivity index (χ4n) is 3.43. The molecule has 1 unspecified atom stereocenters. The molecule has 2 aromatic rings. The monoisotopic (exact) mass is 360 g/mol. The Morgan fingerprint density at radius 2 is 1.80 bits per heavy atom. The van der Waals surface area contributed by atoms with Gasteiger partial charge in [0.2, 0.25) is 10.0 Å². The Hall–Kier alpha value is -1.89. The fraction of sp³-hybridized carbons (Fsp3) is 0.368. The van der Waals surface area contributed by atoms with Gasteiger partial charge in [-0.3, -0.25) is 0 Å². The molecular weight excluding hydrogens is 336 g/mol. The minimum absolute atomic E-state index is 0.00289. The lowest BCUT2D eigenvalue weighted by atomic mass is 10.0. The van der Waals surface area contributed by atoms with E-state index >= 15 is 0 Å². The van der Waals surface area contributed by atoms with Gasteiger partial charge >= 0.3 is 0 Å². The number of anilines is 1. The van der Waals surface area contributed by atoms with Crippen LogP contribution in [0, 0.1) is 0 Å². The number of hydrogen-bond acceptors (Lipinski definition) is 4. The summed E-state index contributed by atoms with van der Waals surface area (Å²) in [4.78, 5) is 0.288. The highest BCUT2D eigenvalue weighted by atomic mass is 32.2. The Labute approximate surface area is 149 Å². The van der Waals surface area contributed by atoms with Gasteiger partial charge in [0, 0.05) is 30.4 Å². The lowest BCUT2D eigenvalue weighted by molar-refractivity contribution is 0.192. The maximum absolute atomic E-state index is 13.0. The molecule has 1 atom stereocenters. The Morgan fingerprint density at radius 3 is 2.48 bits per heavy atom. The highest BCUT2D eigenvalue weighted by Gasteiger charge is 2.33. The first-order chi connectivity index (χ1) is 12.0. The third kappa shape index (κ3) is 3.71. The Balaban J connectivity index is 1.89. The second kappa shape index (κ2) is 7.56. The van der Waals surface area contributed by atoms with E-state index in [1.807, 2.05) is 24.3 Å². The third-order valence-corrected chi connectivity index (χ3v) is 6.73. The van der Waals surface area contributed by atoms with Crippen LogP contribution in [-0.4, -0.2) is 37.0 Å². The molecule has 2 aromatic carbocycles. The molecule has 0 spiro atoms. The Morgan fingerprint density at radius 1 is 1.08 bits per heavy atom. The van der Waals surface area contributed by atoms with Gasteiger partial charge < -0.3 is 10.8 Å². The molecule has 0 aromatic heterocycles. The van der Waals surface area contributed by atoms with Gasteiger partial charge in [0.1, 0.15) is 0 Å². The number of benzene rings is 2. The first-order valence-electron chi connectivity index (χ1n) is 8.61. The zero-order chi connectivity index (χ0) is 17.9. The fourth-order valence-corrected chi connectivity index (χ4v) is 5.15. The smallest absolute Gasteiger partial charge is 0.243 e. The molecule has 0 amide bonds. The number of nitrogens with two attached hydrogens (primary N) is 1. The summed E-state index contributed by atoms with van der Waals surface area (Å²) in [6, 6.07) is 14.3. The van der Waals surface area contributed by atoms with E-state index in [2.05, 4.69) is 0 Å². The van der Waals surface area contributed by atoms with Gasteiger partial charge in [-0.2, -0.15) is 4.31 Å². The minimum atomic E-state index is -3.55. The number of nitrogens with zero attached hydrogens (tertiary/aromatic N) is 1. The highest BCUT2D eigenvalue weighted by molar-refractivity contribution is 7.89. The van der Waals surface area contributed by atoms with Crippen LogP contribution in [0.5, 0.6) is 0 Å². The molecule has 3 rings (SSSR count). The molecule has 3 N–H and O–H groups in total. The van der Waals surface area contributed by atoms with Gasteiger partial charge in [0.15, 0.2) is 0 Å². The highest BCUT2D eigenvalue weighted by Crippen LogP contribution is 2.30. The summed E-state index contributed by atoms with van der Waals surface area (Å²) >= 11 is 0. The average molecular weight is 360 g/mol. The quantitative estimate of drug-likeness (QED) is 0.803. The summed E-state index contributed by atoms with van der Waals surface area (Å²) in [6.07, 6.45) is 3.15. The van der Waals surface area contributed by atoms with Crippen LogP contribution in [0.1, 0.15) is 25.7 Å². The molecule has 25 heavy (non-hydrogen) atoms. The van der Waals surface area contributed by atoms with E-state index in [0.717, 1.165) is 30.4 Å². The van der Waals surface area contributed by atoms with Crippen molar-refractivity contribution in [2.75, 3.05) is 18.9 Å². The summed E-state index contributed by atoms with van der Waals surface area (Å²) in [5, 5.41) is 9.23. The number of rotatable bonds is 5. The van der Waals surface area contributed by atoms with Crippen LogP contribution < -0.4 is 5.73 Å². The number of sulfonamides is 1. The number of aliphatic hydroxyl groups excluding tert-OH is 1. The van der Waals surface area contributed by atoms with E-state index in [1.54, 1.807) is 28.6 Å². The number of nitrogen functional groups attached to an aromatic ring is 1. The first kappa shape index (κ1) is 17.9. The number of hydrogen-bond donors (Lipinski definition) is 2. The van der Waals surface area contributed by atoms with E-state index in [-0.39, 0.29) is 17.5 Å². The Kier molecular flexibility index (Phi) is 5.42. The minimum Gasteiger partial charge on any atom is -0.398 e. The van der Waals surface area contributed by atoms with Crippen molar-refractivity contribution in [1.29, 1.82) is 0 Å². The molecular formula is C19H24N2O3S. The van der Waals surface area contributed by atoms with Crippen molar-refractivity contribution in [3.05, 3.63) is 48.5 Å². The van der Waals surface area contributed by atoms with E-state index in [0.29, 0.717) is 18.7 Å². The van der Waals surface area contributed by atoms with E-state index in [4.69, 9.17) is 5.73 Å². The molecule has 1 heterocycles. The number of aliphatic hydroxyl groups is 1. The van der Waals surface area contributed by atoms with Gasteiger partial charge in [0.25, 0.3) is 0 Å². The summed E-state index contributed by atoms with van der Waals surface area (Å²) < 4.78 is 27.6. The molecule has 1 aliphatic heterocycles. The molecule has 6 heteroatoms. The van der Waals surface area contributed by atoms with Crippen LogP contribution in [0.25, 0.3) is 11.1 Å². The van der Waals surface area contributed by atoms with Gasteiger partial charge in [0.05, 0.1) is 4.90 Å². The molecule has 0 bridgehead atoms. The summed E-state index contributed by atoms with van der Waals surface area (Å²) in [7, 11) is -3.55. The molecule has 1 saturated heterocycles. The maximum Gasteiger partial charge on any atom is 0.243 e. The van der Waals surface area contributed by atoms with E-state index < -0.39 is 10.0 Å². The molecule has 0 radical (unpaired) electrons. The van der Waals surface area contributed by atoms with Gasteiger partial charge in [-0.25, -0.2) is 8.42 Å². The maximum atomic E-state index is 13.0. The average Bonchev–Trinajstić information content (AvgIpc) is 2.63. The van der Waals surface area contributed by atoms with E-state index in [9.17, 15) is 13.5 Å². The van der Waals surface area contributed by atoms with Gasteiger partial charge in [-0.15, -0.1) is 0 Å². The lowest BCUT2D eigenvalue weighted by Crippen LogP contribution is -2.44. The van der Waals surface area contributed by atoms with Crippen LogP contribution in [-0.2, 0) is 10.0 Å². The summed E-state index contributed by atoms with van der Waals surface area (Å²) in [5.41, 5.74) is 8.44. The Bertz CT molecular complexity index is 817. The molecule has 1 fully saturated rings. The molecule has 1 aliphatic rings. The predicted octanol–water partition coefficient (Wildman–Crippen LogP) is 2.86. The molecule has 0 aliphatic carbocycles. The largest absolute Gasteiger partial charge is 0.398 e. The zero-order valence-corrected chi connectivity index (χ0v) is 15.0.